The van der Waals surface area contributed by atoms with Gasteiger partial charge in [0.1, 0.15) is 0 Å². The molecule has 2 N–H and O–H groups in total. The Balaban J connectivity index is 2.02. The predicted octanol–water partition coefficient (Wildman–Crippen LogP) is 3.30. The molecule has 2 rings (SSSR count). The van der Waals surface area contributed by atoms with Gasteiger partial charge in [-0.15, -0.1) is 0 Å². The Morgan fingerprint density at radius 1 is 1.42 bits per heavy atom. The second kappa shape index (κ2) is 5.66. The first-order valence-electron chi connectivity index (χ1n) is 7.76. The van der Waals surface area contributed by atoms with Crippen molar-refractivity contribution in [1.82, 2.24) is 9.78 Å². The highest BCUT2D eigenvalue weighted by molar-refractivity contribution is 5.13. The van der Waals surface area contributed by atoms with Gasteiger partial charge in [-0.25, -0.2) is 0 Å². The zero-order valence-corrected chi connectivity index (χ0v) is 12.9. The highest BCUT2D eigenvalue weighted by atomic mass is 15.3. The molecule has 1 aromatic heterocycles. The summed E-state index contributed by atoms with van der Waals surface area (Å²) in [6.07, 6.45) is 5.86. The SMILES string of the molecule is CCn1nc(C)cc1CC1(N)CCC(C(C)C)CC1. The Kier molecular flexibility index (Phi) is 4.34. The van der Waals surface area contributed by atoms with Crippen molar-refractivity contribution in [3.05, 3.63) is 17.5 Å². The van der Waals surface area contributed by atoms with E-state index in [0.717, 1.165) is 43.3 Å². The summed E-state index contributed by atoms with van der Waals surface area (Å²) >= 11 is 0. The van der Waals surface area contributed by atoms with Gasteiger partial charge in [0.05, 0.1) is 5.69 Å². The quantitative estimate of drug-likeness (QED) is 0.906. The highest BCUT2D eigenvalue weighted by Gasteiger charge is 2.33. The van der Waals surface area contributed by atoms with Crippen LogP contribution in [0.4, 0.5) is 0 Å². The van der Waals surface area contributed by atoms with Crippen LogP contribution in [0.1, 0.15) is 57.8 Å². The largest absolute Gasteiger partial charge is 0.325 e. The van der Waals surface area contributed by atoms with Gasteiger partial charge < -0.3 is 5.73 Å². The van der Waals surface area contributed by atoms with E-state index >= 15 is 0 Å². The third kappa shape index (κ3) is 3.38. The van der Waals surface area contributed by atoms with E-state index in [1.54, 1.807) is 0 Å². The summed E-state index contributed by atoms with van der Waals surface area (Å²) in [6, 6.07) is 2.20. The normalized spacial score (nSPS) is 28.0. The molecule has 1 aliphatic rings. The third-order valence-electron chi connectivity index (χ3n) is 4.79. The molecule has 0 unspecified atom stereocenters. The van der Waals surface area contributed by atoms with Crippen molar-refractivity contribution in [2.24, 2.45) is 17.6 Å². The zero-order chi connectivity index (χ0) is 14.0. The van der Waals surface area contributed by atoms with Crippen LogP contribution >= 0.6 is 0 Å². The first-order chi connectivity index (χ1) is 8.93. The van der Waals surface area contributed by atoms with Gasteiger partial charge in [0, 0.05) is 24.2 Å². The molecule has 1 saturated carbocycles. The lowest BCUT2D eigenvalue weighted by atomic mass is 9.71. The number of aryl methyl sites for hydroxylation is 2. The van der Waals surface area contributed by atoms with E-state index in [2.05, 4.69) is 43.5 Å². The van der Waals surface area contributed by atoms with E-state index < -0.39 is 0 Å². The molecule has 0 spiro atoms. The Hall–Kier alpha value is -0.830. The molecule has 0 aromatic carbocycles. The Bertz CT molecular complexity index is 412. The molecular formula is C16H29N3. The molecule has 3 heteroatoms. The third-order valence-corrected chi connectivity index (χ3v) is 4.79. The van der Waals surface area contributed by atoms with Crippen molar-refractivity contribution in [3.63, 3.8) is 0 Å². The lowest BCUT2D eigenvalue weighted by molar-refractivity contribution is 0.192. The number of rotatable bonds is 4. The molecule has 0 bridgehead atoms. The van der Waals surface area contributed by atoms with Gasteiger partial charge in [-0.2, -0.15) is 5.10 Å². The monoisotopic (exact) mass is 263 g/mol. The summed E-state index contributed by atoms with van der Waals surface area (Å²) in [7, 11) is 0. The lowest BCUT2D eigenvalue weighted by Gasteiger charge is -2.38. The molecule has 0 atom stereocenters. The fourth-order valence-corrected chi connectivity index (χ4v) is 3.43. The maximum Gasteiger partial charge on any atom is 0.0596 e. The van der Waals surface area contributed by atoms with Gasteiger partial charge in [0.25, 0.3) is 0 Å². The molecule has 108 valence electrons. The van der Waals surface area contributed by atoms with E-state index in [4.69, 9.17) is 5.73 Å². The minimum atomic E-state index is -0.00914. The van der Waals surface area contributed by atoms with E-state index in [9.17, 15) is 0 Å². The molecule has 19 heavy (non-hydrogen) atoms. The summed E-state index contributed by atoms with van der Waals surface area (Å²) in [5, 5.41) is 4.53. The van der Waals surface area contributed by atoms with Crippen molar-refractivity contribution in [2.45, 2.75) is 71.9 Å². The zero-order valence-electron chi connectivity index (χ0n) is 12.9. The van der Waals surface area contributed by atoms with Crippen molar-refractivity contribution in [3.8, 4) is 0 Å². The minimum Gasteiger partial charge on any atom is -0.325 e. The molecule has 0 saturated heterocycles. The maximum absolute atomic E-state index is 6.65. The molecule has 0 aliphatic heterocycles. The summed E-state index contributed by atoms with van der Waals surface area (Å²) in [4.78, 5) is 0. The molecule has 1 fully saturated rings. The molecule has 3 nitrogen and oxygen atoms in total. The maximum atomic E-state index is 6.65. The Morgan fingerprint density at radius 2 is 2.05 bits per heavy atom. The Morgan fingerprint density at radius 3 is 2.58 bits per heavy atom. The summed E-state index contributed by atoms with van der Waals surface area (Å²) in [5.74, 6) is 1.67. The number of aromatic nitrogens is 2. The van der Waals surface area contributed by atoms with Crippen LogP contribution in [0.2, 0.25) is 0 Å². The van der Waals surface area contributed by atoms with E-state index in [1.165, 1.54) is 18.5 Å². The van der Waals surface area contributed by atoms with Crippen molar-refractivity contribution >= 4 is 0 Å². The van der Waals surface area contributed by atoms with Gasteiger partial charge in [0.15, 0.2) is 0 Å². The fourth-order valence-electron chi connectivity index (χ4n) is 3.43. The Labute approximate surface area is 117 Å². The van der Waals surface area contributed by atoms with Gasteiger partial charge in [-0.1, -0.05) is 13.8 Å². The van der Waals surface area contributed by atoms with Crippen LogP contribution in [0.3, 0.4) is 0 Å². The smallest absolute Gasteiger partial charge is 0.0596 e. The van der Waals surface area contributed by atoms with Crippen LogP contribution in [-0.2, 0) is 13.0 Å². The molecule has 1 heterocycles. The van der Waals surface area contributed by atoms with E-state index in [-0.39, 0.29) is 5.54 Å². The average molecular weight is 263 g/mol. The number of hydrogen-bond donors (Lipinski definition) is 1. The van der Waals surface area contributed by atoms with E-state index in [0.29, 0.717) is 0 Å². The van der Waals surface area contributed by atoms with Crippen molar-refractivity contribution in [1.29, 1.82) is 0 Å². The van der Waals surface area contributed by atoms with Crippen LogP contribution in [0.15, 0.2) is 6.07 Å². The van der Waals surface area contributed by atoms with Crippen LogP contribution < -0.4 is 5.73 Å². The number of hydrogen-bond acceptors (Lipinski definition) is 2. The van der Waals surface area contributed by atoms with Crippen LogP contribution in [-0.4, -0.2) is 15.3 Å². The summed E-state index contributed by atoms with van der Waals surface area (Å²) in [5.41, 5.74) is 9.05. The van der Waals surface area contributed by atoms with E-state index in [1.807, 2.05) is 0 Å². The van der Waals surface area contributed by atoms with Crippen LogP contribution in [0.25, 0.3) is 0 Å². The first-order valence-corrected chi connectivity index (χ1v) is 7.76. The van der Waals surface area contributed by atoms with Crippen molar-refractivity contribution < 1.29 is 0 Å². The topological polar surface area (TPSA) is 43.8 Å². The number of nitrogens with two attached hydrogens (primary N) is 1. The molecule has 0 radical (unpaired) electrons. The molecule has 1 aromatic rings. The number of nitrogens with zero attached hydrogens (tertiary/aromatic N) is 2. The summed E-state index contributed by atoms with van der Waals surface area (Å²) in [6.45, 7) is 9.82. The van der Waals surface area contributed by atoms with Gasteiger partial charge >= 0.3 is 0 Å². The van der Waals surface area contributed by atoms with Crippen molar-refractivity contribution in [2.75, 3.05) is 0 Å². The average Bonchev–Trinajstić information content (AvgIpc) is 2.69. The molecule has 1 aliphatic carbocycles. The van der Waals surface area contributed by atoms with Gasteiger partial charge in [-0.3, -0.25) is 4.68 Å². The lowest BCUT2D eigenvalue weighted by Crippen LogP contribution is -2.46. The standard InChI is InChI=1S/C16H29N3/c1-5-19-15(10-13(4)18-19)11-16(17)8-6-14(7-9-16)12(2)3/h10,12,14H,5-9,11,17H2,1-4H3. The summed E-state index contributed by atoms with van der Waals surface area (Å²) < 4.78 is 2.11. The predicted molar refractivity (Wildman–Crippen MR) is 80.1 cm³/mol. The first kappa shape index (κ1) is 14.6. The highest BCUT2D eigenvalue weighted by Crippen LogP contribution is 2.36. The fraction of sp³-hybridized carbons (Fsp3) is 0.812. The van der Waals surface area contributed by atoms with Gasteiger partial charge in [-0.05, 0) is 57.4 Å². The second-order valence-corrected chi connectivity index (χ2v) is 6.71. The molecular weight excluding hydrogens is 234 g/mol. The minimum absolute atomic E-state index is 0.00914. The second-order valence-electron chi connectivity index (χ2n) is 6.71. The van der Waals surface area contributed by atoms with Crippen LogP contribution in [0, 0.1) is 18.8 Å². The van der Waals surface area contributed by atoms with Crippen LogP contribution in [0.5, 0.6) is 0 Å². The molecule has 0 amide bonds. The van der Waals surface area contributed by atoms with Gasteiger partial charge in [0.2, 0.25) is 0 Å².